The van der Waals surface area contributed by atoms with Crippen molar-refractivity contribution in [1.29, 1.82) is 0 Å². The summed E-state index contributed by atoms with van der Waals surface area (Å²) in [6.07, 6.45) is -9.84. The minimum Gasteiger partial charge on any atom is -0.330 e. The first kappa shape index (κ1) is 33.0. The van der Waals surface area contributed by atoms with Crippen molar-refractivity contribution in [2.24, 2.45) is 18.9 Å². The third-order valence-electron chi connectivity index (χ3n) is 8.77. The van der Waals surface area contributed by atoms with E-state index in [-0.39, 0.29) is 35.7 Å². The number of aromatic nitrogens is 4. The Labute approximate surface area is 254 Å². The Kier molecular flexibility index (Phi) is 9.13. The highest BCUT2D eigenvalue weighted by molar-refractivity contribution is 5.42. The fourth-order valence-corrected chi connectivity index (χ4v) is 6.64. The van der Waals surface area contributed by atoms with Gasteiger partial charge in [0.1, 0.15) is 0 Å². The van der Waals surface area contributed by atoms with E-state index in [1.54, 1.807) is 0 Å². The summed E-state index contributed by atoms with van der Waals surface area (Å²) in [5.41, 5.74) is -3.45. The molecule has 3 heterocycles. The topological polar surface area (TPSA) is 50.1 Å². The molecule has 15 heteroatoms. The molecular weight excluding hydrogens is 615 g/mol. The van der Waals surface area contributed by atoms with Crippen molar-refractivity contribution < 1.29 is 39.5 Å². The Bertz CT molecular complexity index is 1430. The summed E-state index contributed by atoms with van der Waals surface area (Å²) in [5.74, 6) is 0.812. The predicted molar refractivity (Wildman–Crippen MR) is 147 cm³/mol. The van der Waals surface area contributed by atoms with Crippen LogP contribution < -0.4 is 4.90 Å². The zero-order chi connectivity index (χ0) is 32.7. The van der Waals surface area contributed by atoms with Crippen LogP contribution in [0.2, 0.25) is 0 Å². The van der Waals surface area contributed by atoms with E-state index in [1.165, 1.54) is 18.0 Å². The van der Waals surface area contributed by atoms with Crippen LogP contribution in [0.5, 0.6) is 0 Å². The van der Waals surface area contributed by atoms with E-state index in [2.05, 4.69) is 20.3 Å². The molecule has 0 spiro atoms. The first-order valence-electron chi connectivity index (χ1n) is 14.7. The zero-order valence-electron chi connectivity index (χ0n) is 24.6. The van der Waals surface area contributed by atoms with Crippen LogP contribution >= 0.6 is 0 Å². The van der Waals surface area contributed by atoms with Gasteiger partial charge in [-0.1, -0.05) is 18.1 Å². The summed E-state index contributed by atoms with van der Waals surface area (Å²) in [4.78, 5) is 4.61. The van der Waals surface area contributed by atoms with Gasteiger partial charge in [-0.3, -0.25) is 4.90 Å². The second-order valence-electron chi connectivity index (χ2n) is 12.0. The standard InChI is InChI=1S/C30H33F9N6/c1-3-26(44-14-18-4-5-19(15-44)7-6-18)25-9-8-22(28(31,32)33)12-21(25)17-45(27-40-42-43(2)41-27)16-20-10-23(29(34,35)36)13-24(11-20)30(37,38)39/h8-13,18-19,26H,3-7,14-17H2,1-2H3. The Morgan fingerprint density at radius 3 is 1.80 bits per heavy atom. The second-order valence-corrected chi connectivity index (χ2v) is 12.0. The van der Waals surface area contributed by atoms with E-state index in [4.69, 9.17) is 0 Å². The van der Waals surface area contributed by atoms with Gasteiger partial charge < -0.3 is 4.90 Å². The molecule has 6 rings (SSSR count). The summed E-state index contributed by atoms with van der Waals surface area (Å²) in [7, 11) is 1.41. The van der Waals surface area contributed by atoms with Crippen LogP contribution in [0, 0.1) is 11.8 Å². The Morgan fingerprint density at radius 1 is 0.778 bits per heavy atom. The summed E-state index contributed by atoms with van der Waals surface area (Å²) in [5, 5.41) is 11.7. The lowest BCUT2D eigenvalue weighted by Gasteiger charge is -2.34. The summed E-state index contributed by atoms with van der Waals surface area (Å²) < 4.78 is 124. The highest BCUT2D eigenvalue weighted by Crippen LogP contribution is 2.41. The van der Waals surface area contributed by atoms with Gasteiger partial charge in [-0.15, -0.1) is 5.10 Å². The van der Waals surface area contributed by atoms with Crippen molar-refractivity contribution in [2.45, 2.75) is 76.7 Å². The Morgan fingerprint density at radius 2 is 1.33 bits per heavy atom. The van der Waals surface area contributed by atoms with E-state index >= 15 is 0 Å². The molecule has 2 bridgehead atoms. The fourth-order valence-electron chi connectivity index (χ4n) is 6.64. The molecule has 0 radical (unpaired) electrons. The van der Waals surface area contributed by atoms with Gasteiger partial charge in [0.25, 0.3) is 5.95 Å². The molecule has 3 aliphatic rings. The molecule has 2 aliphatic heterocycles. The van der Waals surface area contributed by atoms with Crippen LogP contribution in [0.25, 0.3) is 0 Å². The number of tetrazole rings is 1. The van der Waals surface area contributed by atoms with E-state index in [0.29, 0.717) is 36.0 Å². The molecule has 3 aromatic rings. The maximum Gasteiger partial charge on any atom is 0.416 e. The normalized spacial score (nSPS) is 20.3. The van der Waals surface area contributed by atoms with Gasteiger partial charge in [0.2, 0.25) is 0 Å². The lowest BCUT2D eigenvalue weighted by molar-refractivity contribution is -0.143. The maximum absolute atomic E-state index is 13.9. The number of alkyl halides is 9. The van der Waals surface area contributed by atoms with Gasteiger partial charge >= 0.3 is 18.5 Å². The number of nitrogens with zero attached hydrogens (tertiary/aromatic N) is 6. The summed E-state index contributed by atoms with van der Waals surface area (Å²) in [6, 6.07) is 4.42. The van der Waals surface area contributed by atoms with Crippen molar-refractivity contribution in [3.63, 3.8) is 0 Å². The molecule has 1 aliphatic carbocycles. The number of fused-ring (bicyclic) bond motifs is 4. The van der Waals surface area contributed by atoms with Gasteiger partial charge in [0.05, 0.1) is 23.7 Å². The quantitative estimate of drug-likeness (QED) is 0.232. The monoisotopic (exact) mass is 648 g/mol. The largest absolute Gasteiger partial charge is 0.416 e. The molecule has 1 saturated carbocycles. The fraction of sp³-hybridized carbons (Fsp3) is 0.567. The highest BCUT2D eigenvalue weighted by Gasteiger charge is 2.38. The van der Waals surface area contributed by atoms with Gasteiger partial charge in [-0.05, 0) is 96.2 Å². The van der Waals surface area contributed by atoms with Gasteiger partial charge in [0.15, 0.2) is 0 Å². The van der Waals surface area contributed by atoms with Crippen LogP contribution in [0.1, 0.15) is 78.5 Å². The van der Waals surface area contributed by atoms with Crippen LogP contribution in [-0.2, 0) is 38.7 Å². The molecule has 0 amide bonds. The number of rotatable bonds is 8. The SMILES string of the molecule is CCC(c1ccc(C(F)(F)F)cc1CN(Cc1cc(C(F)(F)F)cc(C(F)(F)F)c1)c1nnn(C)n1)N1CC2CCC(CC2)C1. The number of hydrogen-bond donors (Lipinski definition) is 0. The van der Waals surface area contributed by atoms with E-state index < -0.39 is 41.8 Å². The number of aryl methyl sites for hydroxylation is 1. The van der Waals surface area contributed by atoms with Crippen molar-refractivity contribution in [1.82, 2.24) is 25.1 Å². The molecule has 3 fully saturated rings. The van der Waals surface area contributed by atoms with Gasteiger partial charge in [0, 0.05) is 32.2 Å². The minimum atomic E-state index is -5.07. The van der Waals surface area contributed by atoms with E-state index in [1.807, 2.05) is 6.92 Å². The van der Waals surface area contributed by atoms with Crippen LogP contribution in [0.15, 0.2) is 36.4 Å². The smallest absolute Gasteiger partial charge is 0.330 e. The second kappa shape index (κ2) is 12.4. The lowest BCUT2D eigenvalue weighted by Crippen LogP contribution is -2.34. The number of halogens is 9. The Hall–Kier alpha value is -3.36. The molecule has 2 aromatic carbocycles. The van der Waals surface area contributed by atoms with Crippen molar-refractivity contribution in [3.8, 4) is 0 Å². The highest BCUT2D eigenvalue weighted by atomic mass is 19.4. The maximum atomic E-state index is 13.9. The van der Waals surface area contributed by atoms with Crippen molar-refractivity contribution in [2.75, 3.05) is 18.0 Å². The van der Waals surface area contributed by atoms with Crippen molar-refractivity contribution >= 4 is 5.95 Å². The Balaban J connectivity index is 1.58. The van der Waals surface area contributed by atoms with Gasteiger partial charge in [-0.2, -0.15) is 44.3 Å². The number of anilines is 1. The zero-order valence-corrected chi connectivity index (χ0v) is 24.6. The van der Waals surface area contributed by atoms with Crippen LogP contribution in [0.4, 0.5) is 45.5 Å². The molecule has 246 valence electrons. The number of hydrogen-bond acceptors (Lipinski definition) is 5. The average molecular weight is 649 g/mol. The molecule has 6 nitrogen and oxygen atoms in total. The predicted octanol–water partition coefficient (Wildman–Crippen LogP) is 8.05. The average Bonchev–Trinajstić information content (AvgIpc) is 3.16. The molecule has 1 aromatic heterocycles. The molecule has 0 N–H and O–H groups in total. The lowest BCUT2D eigenvalue weighted by atomic mass is 9.84. The molecule has 2 saturated heterocycles. The minimum absolute atomic E-state index is 0.0273. The summed E-state index contributed by atoms with van der Waals surface area (Å²) >= 11 is 0. The third-order valence-corrected chi connectivity index (χ3v) is 8.77. The first-order chi connectivity index (χ1) is 21.0. The molecule has 45 heavy (non-hydrogen) atoms. The van der Waals surface area contributed by atoms with Crippen LogP contribution in [0.3, 0.4) is 0 Å². The van der Waals surface area contributed by atoms with E-state index in [0.717, 1.165) is 55.7 Å². The number of benzene rings is 2. The molecule has 1 atom stereocenters. The van der Waals surface area contributed by atoms with Gasteiger partial charge in [-0.25, -0.2) is 0 Å². The van der Waals surface area contributed by atoms with E-state index in [9.17, 15) is 39.5 Å². The summed E-state index contributed by atoms with van der Waals surface area (Å²) in [6.45, 7) is 2.67. The molecular formula is C30H33F9N6. The first-order valence-corrected chi connectivity index (χ1v) is 14.7. The molecule has 1 unspecified atom stereocenters. The third kappa shape index (κ3) is 7.72. The van der Waals surface area contributed by atoms with Crippen LogP contribution in [-0.4, -0.2) is 38.2 Å². The van der Waals surface area contributed by atoms with Crippen molar-refractivity contribution in [3.05, 3.63) is 69.8 Å².